The van der Waals surface area contributed by atoms with Crippen LogP contribution in [0.3, 0.4) is 0 Å². The predicted molar refractivity (Wildman–Crippen MR) is 69.4 cm³/mol. The third kappa shape index (κ3) is 2.63. The largest absolute Gasteiger partial charge is 0.493 e. The topological polar surface area (TPSA) is 21.3 Å². The maximum absolute atomic E-state index is 5.64. The molecule has 3 rings (SSSR count). The Morgan fingerprint density at radius 3 is 2.94 bits per heavy atom. The van der Waals surface area contributed by atoms with Gasteiger partial charge in [0.15, 0.2) is 0 Å². The summed E-state index contributed by atoms with van der Waals surface area (Å²) >= 11 is 0. The minimum absolute atomic E-state index is 0.752. The molecule has 1 aliphatic heterocycles. The zero-order valence-corrected chi connectivity index (χ0v) is 10.4. The monoisotopic (exact) mass is 231 g/mol. The summed E-state index contributed by atoms with van der Waals surface area (Å²) in [5.74, 6) is 1.10. The smallest absolute Gasteiger partial charge is 0.122 e. The van der Waals surface area contributed by atoms with E-state index in [4.69, 9.17) is 4.74 Å². The molecule has 0 unspecified atom stereocenters. The number of aryl methyl sites for hydroxylation is 1. The van der Waals surface area contributed by atoms with Crippen LogP contribution < -0.4 is 10.1 Å². The Kier molecular flexibility index (Phi) is 3.32. The van der Waals surface area contributed by atoms with E-state index in [1.807, 2.05) is 0 Å². The van der Waals surface area contributed by atoms with E-state index in [2.05, 4.69) is 23.5 Å². The third-order valence-electron chi connectivity index (χ3n) is 3.92. The first kappa shape index (κ1) is 11.1. The predicted octanol–water partition coefficient (Wildman–Crippen LogP) is 3.04. The molecule has 1 N–H and O–H groups in total. The van der Waals surface area contributed by atoms with E-state index in [-0.39, 0.29) is 0 Å². The van der Waals surface area contributed by atoms with Crippen molar-refractivity contribution in [1.29, 1.82) is 0 Å². The average Bonchev–Trinajstić information content (AvgIpc) is 2.89. The van der Waals surface area contributed by atoms with Crippen molar-refractivity contribution in [3.63, 3.8) is 0 Å². The van der Waals surface area contributed by atoms with Gasteiger partial charge in [-0.2, -0.15) is 0 Å². The van der Waals surface area contributed by atoms with Gasteiger partial charge in [-0.05, 0) is 42.9 Å². The number of fused-ring (bicyclic) bond motifs is 1. The van der Waals surface area contributed by atoms with Crippen molar-refractivity contribution in [2.45, 2.75) is 51.1 Å². The van der Waals surface area contributed by atoms with Gasteiger partial charge in [0.2, 0.25) is 0 Å². The zero-order chi connectivity index (χ0) is 11.5. The highest BCUT2D eigenvalue weighted by Crippen LogP contribution is 2.26. The first-order valence-corrected chi connectivity index (χ1v) is 6.90. The van der Waals surface area contributed by atoms with Crippen molar-refractivity contribution in [1.82, 2.24) is 5.32 Å². The highest BCUT2D eigenvalue weighted by atomic mass is 16.5. The molecule has 1 heterocycles. The lowest BCUT2D eigenvalue weighted by Gasteiger charge is -2.18. The molecule has 17 heavy (non-hydrogen) atoms. The van der Waals surface area contributed by atoms with Crippen molar-refractivity contribution in [3.05, 3.63) is 29.3 Å². The van der Waals surface area contributed by atoms with Crippen LogP contribution in [0, 0.1) is 0 Å². The minimum atomic E-state index is 0.752. The van der Waals surface area contributed by atoms with E-state index < -0.39 is 0 Å². The van der Waals surface area contributed by atoms with E-state index in [0.29, 0.717) is 0 Å². The molecule has 0 bridgehead atoms. The Morgan fingerprint density at radius 2 is 2.06 bits per heavy atom. The van der Waals surface area contributed by atoms with Gasteiger partial charge in [-0.1, -0.05) is 25.0 Å². The summed E-state index contributed by atoms with van der Waals surface area (Å²) in [5.41, 5.74) is 2.79. The molecule has 92 valence electrons. The Labute approximate surface area is 103 Å². The molecule has 1 aliphatic carbocycles. The van der Waals surface area contributed by atoms with Gasteiger partial charge in [-0.3, -0.25) is 0 Å². The van der Waals surface area contributed by atoms with Crippen molar-refractivity contribution in [2.75, 3.05) is 6.61 Å². The Hall–Kier alpha value is -1.02. The molecule has 1 fully saturated rings. The fourth-order valence-corrected chi connectivity index (χ4v) is 2.92. The summed E-state index contributed by atoms with van der Waals surface area (Å²) in [4.78, 5) is 0. The second kappa shape index (κ2) is 5.09. The lowest BCUT2D eigenvalue weighted by Crippen LogP contribution is -2.25. The molecule has 1 aromatic rings. The van der Waals surface area contributed by atoms with Gasteiger partial charge in [0.25, 0.3) is 0 Å². The van der Waals surface area contributed by atoms with Gasteiger partial charge >= 0.3 is 0 Å². The second-order valence-corrected chi connectivity index (χ2v) is 5.26. The maximum Gasteiger partial charge on any atom is 0.122 e. The molecule has 0 saturated heterocycles. The Bertz CT molecular complexity index is 383. The molecule has 2 aliphatic rings. The van der Waals surface area contributed by atoms with Crippen LogP contribution in [-0.2, 0) is 13.0 Å². The van der Waals surface area contributed by atoms with E-state index in [0.717, 1.165) is 31.4 Å². The molecule has 1 aromatic carbocycles. The number of hydrogen-bond acceptors (Lipinski definition) is 2. The molecule has 0 atom stereocenters. The van der Waals surface area contributed by atoms with Crippen LogP contribution in [0.25, 0.3) is 0 Å². The van der Waals surface area contributed by atoms with Crippen LogP contribution in [0.1, 0.15) is 43.2 Å². The first-order chi connectivity index (χ1) is 8.42. The summed E-state index contributed by atoms with van der Waals surface area (Å²) in [5, 5.41) is 3.66. The van der Waals surface area contributed by atoms with Crippen molar-refractivity contribution in [3.8, 4) is 5.75 Å². The number of rotatable bonds is 3. The number of hydrogen-bond donors (Lipinski definition) is 1. The van der Waals surface area contributed by atoms with E-state index >= 15 is 0 Å². The van der Waals surface area contributed by atoms with E-state index in [1.165, 1.54) is 43.2 Å². The standard InChI is InChI=1S/C15H21NO/c1-2-6-14(5-1)16-11-12-7-8-15-13(10-12)4-3-9-17-15/h7-8,10,14,16H,1-6,9,11H2. The fourth-order valence-electron chi connectivity index (χ4n) is 2.92. The van der Waals surface area contributed by atoms with Gasteiger partial charge in [0, 0.05) is 12.6 Å². The molecule has 2 nitrogen and oxygen atoms in total. The highest BCUT2D eigenvalue weighted by Gasteiger charge is 2.15. The van der Waals surface area contributed by atoms with Crippen molar-refractivity contribution < 1.29 is 4.74 Å². The van der Waals surface area contributed by atoms with Gasteiger partial charge in [-0.25, -0.2) is 0 Å². The fraction of sp³-hybridized carbons (Fsp3) is 0.600. The molecule has 0 spiro atoms. The normalized spacial score (nSPS) is 20.0. The Balaban J connectivity index is 1.62. The summed E-state index contributed by atoms with van der Waals surface area (Å²) in [6, 6.07) is 7.41. The van der Waals surface area contributed by atoms with E-state index in [1.54, 1.807) is 0 Å². The lowest BCUT2D eigenvalue weighted by atomic mass is 10.0. The minimum Gasteiger partial charge on any atom is -0.493 e. The molecule has 2 heteroatoms. The quantitative estimate of drug-likeness (QED) is 0.863. The molecule has 0 radical (unpaired) electrons. The SMILES string of the molecule is c1cc2c(cc1CNC1CCCC1)CCCO2. The average molecular weight is 231 g/mol. The van der Waals surface area contributed by atoms with Gasteiger partial charge in [0.05, 0.1) is 6.61 Å². The van der Waals surface area contributed by atoms with Crippen LogP contribution in [-0.4, -0.2) is 12.6 Å². The Morgan fingerprint density at radius 1 is 1.18 bits per heavy atom. The second-order valence-electron chi connectivity index (χ2n) is 5.26. The van der Waals surface area contributed by atoms with Gasteiger partial charge in [-0.15, -0.1) is 0 Å². The summed E-state index contributed by atoms with van der Waals surface area (Å²) in [6.07, 6.45) is 7.84. The number of nitrogens with one attached hydrogen (secondary N) is 1. The molecular formula is C15H21NO. The van der Waals surface area contributed by atoms with Crippen LogP contribution in [0.15, 0.2) is 18.2 Å². The lowest BCUT2D eigenvalue weighted by molar-refractivity contribution is 0.288. The van der Waals surface area contributed by atoms with Crippen molar-refractivity contribution >= 4 is 0 Å². The van der Waals surface area contributed by atoms with Crippen molar-refractivity contribution in [2.24, 2.45) is 0 Å². The number of benzene rings is 1. The van der Waals surface area contributed by atoms with Crippen LogP contribution in [0.5, 0.6) is 5.75 Å². The first-order valence-electron chi connectivity index (χ1n) is 6.90. The van der Waals surface area contributed by atoms with Crippen LogP contribution in [0.2, 0.25) is 0 Å². The summed E-state index contributed by atoms with van der Waals surface area (Å²) < 4.78 is 5.64. The third-order valence-corrected chi connectivity index (χ3v) is 3.92. The zero-order valence-electron chi connectivity index (χ0n) is 10.4. The van der Waals surface area contributed by atoms with E-state index in [9.17, 15) is 0 Å². The molecular weight excluding hydrogens is 210 g/mol. The molecule has 0 amide bonds. The summed E-state index contributed by atoms with van der Waals surface area (Å²) in [7, 11) is 0. The van der Waals surface area contributed by atoms with Crippen LogP contribution in [0.4, 0.5) is 0 Å². The maximum atomic E-state index is 5.64. The van der Waals surface area contributed by atoms with Gasteiger partial charge < -0.3 is 10.1 Å². The highest BCUT2D eigenvalue weighted by molar-refractivity contribution is 5.38. The van der Waals surface area contributed by atoms with Crippen LogP contribution >= 0.6 is 0 Å². The molecule has 0 aromatic heterocycles. The molecule has 1 saturated carbocycles. The van der Waals surface area contributed by atoms with Gasteiger partial charge in [0.1, 0.15) is 5.75 Å². The summed E-state index contributed by atoms with van der Waals surface area (Å²) in [6.45, 7) is 1.89. The number of ether oxygens (including phenoxy) is 1.